The van der Waals surface area contributed by atoms with E-state index in [1.165, 1.54) is 19.2 Å². The maximum atomic E-state index is 12.5. The number of ether oxygens (including phenoxy) is 2. The van der Waals surface area contributed by atoms with Gasteiger partial charge in [-0.3, -0.25) is 4.79 Å². The van der Waals surface area contributed by atoms with E-state index in [9.17, 15) is 9.59 Å². The number of carbonyl (C=O) groups is 1. The van der Waals surface area contributed by atoms with Crippen molar-refractivity contribution >= 4 is 16.9 Å². The lowest BCUT2D eigenvalue weighted by Gasteiger charge is -2.09. The third-order valence-corrected chi connectivity index (χ3v) is 3.77. The van der Waals surface area contributed by atoms with Crippen molar-refractivity contribution in [1.82, 2.24) is 0 Å². The minimum atomic E-state index is -0.499. The van der Waals surface area contributed by atoms with Crippen molar-refractivity contribution in [1.29, 1.82) is 0 Å². The molecule has 0 amide bonds. The highest BCUT2D eigenvalue weighted by atomic mass is 16.5. The van der Waals surface area contributed by atoms with Crippen LogP contribution in [0.2, 0.25) is 0 Å². The monoisotopic (exact) mass is 324 g/mol. The van der Waals surface area contributed by atoms with Gasteiger partial charge in [-0.15, -0.1) is 0 Å². The van der Waals surface area contributed by atoms with Crippen LogP contribution >= 0.6 is 0 Å². The fraction of sp³-hybridized carbons (Fsp3) is 0.158. The smallest absolute Gasteiger partial charge is 0.337 e. The summed E-state index contributed by atoms with van der Waals surface area (Å²) in [6.45, 7) is 1.95. The molecule has 5 nitrogen and oxygen atoms in total. The second-order valence-electron chi connectivity index (χ2n) is 5.38. The molecule has 0 saturated heterocycles. The summed E-state index contributed by atoms with van der Waals surface area (Å²) < 4.78 is 15.9. The molecule has 0 bridgehead atoms. The molecule has 0 aliphatic carbocycles. The van der Waals surface area contributed by atoms with Gasteiger partial charge in [0, 0.05) is 6.07 Å². The average Bonchev–Trinajstić information content (AvgIpc) is 2.60. The number of aryl methyl sites for hydroxylation is 1. The fourth-order valence-corrected chi connectivity index (χ4v) is 2.55. The maximum absolute atomic E-state index is 12.5. The Morgan fingerprint density at radius 3 is 2.54 bits per heavy atom. The van der Waals surface area contributed by atoms with Gasteiger partial charge in [0.1, 0.15) is 17.1 Å². The van der Waals surface area contributed by atoms with Crippen LogP contribution in [-0.4, -0.2) is 20.2 Å². The lowest BCUT2D eigenvalue weighted by molar-refractivity contribution is 0.0601. The van der Waals surface area contributed by atoms with Gasteiger partial charge < -0.3 is 13.9 Å². The Balaban J connectivity index is 2.21. The fourth-order valence-electron chi connectivity index (χ4n) is 2.55. The van der Waals surface area contributed by atoms with Crippen molar-refractivity contribution in [3.05, 3.63) is 63.8 Å². The van der Waals surface area contributed by atoms with Gasteiger partial charge >= 0.3 is 5.97 Å². The quantitative estimate of drug-likeness (QED) is 0.689. The number of fused-ring (bicyclic) bond motifs is 1. The summed E-state index contributed by atoms with van der Waals surface area (Å²) >= 11 is 0. The summed E-state index contributed by atoms with van der Waals surface area (Å²) in [5.41, 5.74) is 2.19. The molecule has 5 heteroatoms. The molecule has 2 aromatic carbocycles. The Kier molecular flexibility index (Phi) is 4.08. The Morgan fingerprint density at radius 1 is 1.04 bits per heavy atom. The lowest BCUT2D eigenvalue weighted by atomic mass is 10.1. The van der Waals surface area contributed by atoms with Crippen LogP contribution in [0.4, 0.5) is 0 Å². The van der Waals surface area contributed by atoms with Crippen LogP contribution in [0.1, 0.15) is 15.9 Å². The Morgan fingerprint density at radius 2 is 1.83 bits per heavy atom. The molecule has 3 aromatic rings. The number of benzene rings is 2. The molecule has 122 valence electrons. The first-order valence-corrected chi connectivity index (χ1v) is 7.34. The van der Waals surface area contributed by atoms with Gasteiger partial charge in [0.05, 0.1) is 30.7 Å². The molecule has 1 aromatic heterocycles. The van der Waals surface area contributed by atoms with E-state index in [2.05, 4.69) is 4.74 Å². The SMILES string of the molecule is COC(=O)c1ccc2oc(-c3cc(C)ccc3OC)cc(=O)c2c1. The number of hydrogen-bond acceptors (Lipinski definition) is 5. The van der Waals surface area contributed by atoms with Gasteiger partial charge in [0.2, 0.25) is 0 Å². The van der Waals surface area contributed by atoms with Crippen LogP contribution in [0.15, 0.2) is 51.7 Å². The van der Waals surface area contributed by atoms with Crippen LogP contribution in [0, 0.1) is 6.92 Å². The summed E-state index contributed by atoms with van der Waals surface area (Å²) in [7, 11) is 2.86. The first-order valence-electron chi connectivity index (χ1n) is 7.34. The van der Waals surface area contributed by atoms with Crippen LogP contribution in [0.3, 0.4) is 0 Å². The van der Waals surface area contributed by atoms with Gasteiger partial charge in [-0.05, 0) is 37.3 Å². The largest absolute Gasteiger partial charge is 0.496 e. The van der Waals surface area contributed by atoms with Gasteiger partial charge in [0.25, 0.3) is 0 Å². The normalized spacial score (nSPS) is 10.6. The van der Waals surface area contributed by atoms with E-state index in [4.69, 9.17) is 9.15 Å². The zero-order valence-electron chi connectivity index (χ0n) is 13.6. The summed E-state index contributed by atoms with van der Waals surface area (Å²) in [6.07, 6.45) is 0. The second kappa shape index (κ2) is 6.20. The van der Waals surface area contributed by atoms with E-state index in [1.54, 1.807) is 19.2 Å². The van der Waals surface area contributed by atoms with E-state index >= 15 is 0 Å². The molecule has 0 N–H and O–H groups in total. The van der Waals surface area contributed by atoms with Gasteiger partial charge in [-0.1, -0.05) is 11.6 Å². The van der Waals surface area contributed by atoms with Crippen LogP contribution < -0.4 is 10.2 Å². The molecule has 1 heterocycles. The highest BCUT2D eigenvalue weighted by molar-refractivity contribution is 5.94. The predicted molar refractivity (Wildman–Crippen MR) is 90.5 cm³/mol. The van der Waals surface area contributed by atoms with Crippen molar-refractivity contribution in [2.45, 2.75) is 6.92 Å². The average molecular weight is 324 g/mol. The summed E-state index contributed by atoms with van der Waals surface area (Å²) in [6, 6.07) is 11.7. The molecule has 0 unspecified atom stereocenters. The van der Waals surface area contributed by atoms with Crippen molar-refractivity contribution < 1.29 is 18.7 Å². The zero-order valence-corrected chi connectivity index (χ0v) is 13.6. The molecule has 0 spiro atoms. The Bertz CT molecular complexity index is 985. The number of hydrogen-bond donors (Lipinski definition) is 0. The minimum Gasteiger partial charge on any atom is -0.496 e. The van der Waals surface area contributed by atoms with Gasteiger partial charge in [-0.25, -0.2) is 4.79 Å². The molecule has 0 fully saturated rings. The van der Waals surface area contributed by atoms with Crippen LogP contribution in [0.25, 0.3) is 22.3 Å². The van der Waals surface area contributed by atoms with Gasteiger partial charge in [0.15, 0.2) is 5.43 Å². The maximum Gasteiger partial charge on any atom is 0.337 e. The molecule has 0 aliphatic heterocycles. The van der Waals surface area contributed by atoms with E-state index in [-0.39, 0.29) is 5.43 Å². The number of carbonyl (C=O) groups excluding carboxylic acids is 1. The molecule has 24 heavy (non-hydrogen) atoms. The van der Waals surface area contributed by atoms with Crippen molar-refractivity contribution in [2.75, 3.05) is 14.2 Å². The van der Waals surface area contributed by atoms with Crippen molar-refractivity contribution in [3.63, 3.8) is 0 Å². The zero-order chi connectivity index (χ0) is 17.3. The lowest BCUT2D eigenvalue weighted by Crippen LogP contribution is -2.05. The Hall–Kier alpha value is -3.08. The summed E-state index contributed by atoms with van der Waals surface area (Å²) in [4.78, 5) is 24.1. The number of rotatable bonds is 3. The summed E-state index contributed by atoms with van der Waals surface area (Å²) in [5.74, 6) is 0.536. The van der Waals surface area contributed by atoms with Crippen molar-refractivity contribution in [2.24, 2.45) is 0 Å². The number of methoxy groups -OCH3 is 2. The van der Waals surface area contributed by atoms with Crippen molar-refractivity contribution in [3.8, 4) is 17.1 Å². The van der Waals surface area contributed by atoms with E-state index in [0.717, 1.165) is 5.56 Å². The third kappa shape index (κ3) is 2.76. The van der Waals surface area contributed by atoms with Gasteiger partial charge in [-0.2, -0.15) is 0 Å². The molecule has 3 rings (SSSR count). The van der Waals surface area contributed by atoms with Crippen LogP contribution in [0.5, 0.6) is 5.75 Å². The molecule has 0 saturated carbocycles. The van der Waals surface area contributed by atoms with E-state index in [0.29, 0.717) is 33.6 Å². The van der Waals surface area contributed by atoms with Crippen LogP contribution in [-0.2, 0) is 4.74 Å². The molecule has 0 radical (unpaired) electrons. The highest BCUT2D eigenvalue weighted by Gasteiger charge is 2.14. The van der Waals surface area contributed by atoms with E-state index < -0.39 is 5.97 Å². The predicted octanol–water partition coefficient (Wildman–Crippen LogP) is 3.56. The standard InChI is InChI=1S/C19H16O5/c1-11-4-6-16(22-2)14(8-11)18-10-15(20)13-9-12(19(21)23-3)5-7-17(13)24-18/h4-10H,1-3H3. The van der Waals surface area contributed by atoms with E-state index in [1.807, 2.05) is 25.1 Å². The molecular formula is C19H16O5. The third-order valence-electron chi connectivity index (χ3n) is 3.77. The highest BCUT2D eigenvalue weighted by Crippen LogP contribution is 2.31. The molecule has 0 aliphatic rings. The summed E-state index contributed by atoms with van der Waals surface area (Å²) in [5, 5.41) is 0.327. The first-order chi connectivity index (χ1) is 11.5. The minimum absolute atomic E-state index is 0.236. The number of esters is 1. The second-order valence-corrected chi connectivity index (χ2v) is 5.38. The molecular weight excluding hydrogens is 308 g/mol. The molecule has 0 atom stereocenters. The topological polar surface area (TPSA) is 65.7 Å². The Labute approximate surface area is 138 Å². The first kappa shape index (κ1) is 15.8.